The standard InChI is InChI=1S/C18H21NOS/c1-20-18-9-13(5-6-16(18)11-19)12-21-17-8-7-14-3-2-4-15(14)10-17/h5-10H,2-4,11-12,19H2,1H3. The second-order valence-corrected chi connectivity index (χ2v) is 6.47. The SMILES string of the molecule is COc1cc(CSc2ccc3c(c2)CCC3)ccc1CN. The zero-order chi connectivity index (χ0) is 14.7. The van der Waals surface area contributed by atoms with Gasteiger partial charge in [-0.05, 0) is 54.2 Å². The van der Waals surface area contributed by atoms with Crippen LogP contribution in [0.15, 0.2) is 41.3 Å². The molecular weight excluding hydrogens is 278 g/mol. The van der Waals surface area contributed by atoms with Crippen molar-refractivity contribution in [3.05, 3.63) is 58.7 Å². The summed E-state index contributed by atoms with van der Waals surface area (Å²) in [5.41, 5.74) is 11.1. The molecule has 0 amide bonds. The van der Waals surface area contributed by atoms with E-state index in [1.54, 1.807) is 7.11 Å². The predicted octanol–water partition coefficient (Wildman–Crippen LogP) is 3.93. The van der Waals surface area contributed by atoms with Gasteiger partial charge in [-0.1, -0.05) is 18.2 Å². The predicted molar refractivity (Wildman–Crippen MR) is 88.9 cm³/mol. The van der Waals surface area contributed by atoms with E-state index in [9.17, 15) is 0 Å². The molecule has 0 aliphatic heterocycles. The fraction of sp³-hybridized carbons (Fsp3) is 0.333. The van der Waals surface area contributed by atoms with Crippen LogP contribution in [0.25, 0.3) is 0 Å². The lowest BCUT2D eigenvalue weighted by Gasteiger charge is -2.10. The quantitative estimate of drug-likeness (QED) is 0.850. The van der Waals surface area contributed by atoms with Gasteiger partial charge in [0.15, 0.2) is 0 Å². The molecule has 0 radical (unpaired) electrons. The minimum absolute atomic E-state index is 0.515. The molecule has 1 aliphatic carbocycles. The largest absolute Gasteiger partial charge is 0.496 e. The molecule has 0 atom stereocenters. The van der Waals surface area contributed by atoms with Crippen molar-refractivity contribution in [3.63, 3.8) is 0 Å². The van der Waals surface area contributed by atoms with E-state index in [0.717, 1.165) is 17.1 Å². The maximum Gasteiger partial charge on any atom is 0.123 e. The van der Waals surface area contributed by atoms with Gasteiger partial charge in [0.2, 0.25) is 0 Å². The van der Waals surface area contributed by atoms with Crippen LogP contribution in [0.4, 0.5) is 0 Å². The molecule has 0 saturated carbocycles. The number of hydrogen-bond acceptors (Lipinski definition) is 3. The molecule has 0 bridgehead atoms. The Balaban J connectivity index is 1.70. The molecule has 0 saturated heterocycles. The number of ether oxygens (including phenoxy) is 1. The van der Waals surface area contributed by atoms with Gasteiger partial charge in [0.05, 0.1) is 7.11 Å². The molecule has 0 spiro atoms. The Hall–Kier alpha value is -1.45. The fourth-order valence-corrected chi connectivity index (χ4v) is 3.75. The Morgan fingerprint density at radius 2 is 1.95 bits per heavy atom. The van der Waals surface area contributed by atoms with Crippen molar-refractivity contribution in [2.75, 3.05) is 7.11 Å². The molecule has 1 aliphatic rings. The van der Waals surface area contributed by atoms with Crippen molar-refractivity contribution in [1.29, 1.82) is 0 Å². The first-order chi connectivity index (χ1) is 10.3. The number of fused-ring (bicyclic) bond motifs is 1. The summed E-state index contributed by atoms with van der Waals surface area (Å²) in [6.45, 7) is 0.515. The van der Waals surface area contributed by atoms with Crippen LogP contribution in [0.2, 0.25) is 0 Å². The van der Waals surface area contributed by atoms with E-state index in [1.165, 1.54) is 40.8 Å². The number of aryl methyl sites for hydroxylation is 2. The highest BCUT2D eigenvalue weighted by atomic mass is 32.2. The highest BCUT2D eigenvalue weighted by molar-refractivity contribution is 7.98. The van der Waals surface area contributed by atoms with Gasteiger partial charge in [0, 0.05) is 22.8 Å². The maximum atomic E-state index is 5.71. The van der Waals surface area contributed by atoms with Crippen LogP contribution < -0.4 is 10.5 Å². The molecule has 0 fully saturated rings. The monoisotopic (exact) mass is 299 g/mol. The second-order valence-electron chi connectivity index (χ2n) is 5.42. The van der Waals surface area contributed by atoms with E-state index in [4.69, 9.17) is 10.5 Å². The summed E-state index contributed by atoms with van der Waals surface area (Å²) < 4.78 is 5.40. The van der Waals surface area contributed by atoms with Crippen molar-refractivity contribution >= 4 is 11.8 Å². The van der Waals surface area contributed by atoms with Crippen LogP contribution in [-0.4, -0.2) is 7.11 Å². The van der Waals surface area contributed by atoms with Gasteiger partial charge >= 0.3 is 0 Å². The van der Waals surface area contributed by atoms with E-state index in [-0.39, 0.29) is 0 Å². The van der Waals surface area contributed by atoms with Gasteiger partial charge in [-0.2, -0.15) is 0 Å². The zero-order valence-corrected chi connectivity index (χ0v) is 13.2. The lowest BCUT2D eigenvalue weighted by Crippen LogP contribution is -2.00. The Kier molecular flexibility index (Phi) is 4.51. The molecule has 2 aromatic carbocycles. The molecular formula is C18H21NOS. The number of benzene rings is 2. The molecule has 2 nitrogen and oxygen atoms in total. The van der Waals surface area contributed by atoms with Gasteiger partial charge in [-0.15, -0.1) is 11.8 Å². The number of hydrogen-bond donors (Lipinski definition) is 1. The Morgan fingerprint density at radius 1 is 1.10 bits per heavy atom. The van der Waals surface area contributed by atoms with E-state index in [0.29, 0.717) is 6.54 Å². The average Bonchev–Trinajstić information content (AvgIpc) is 3.00. The highest BCUT2D eigenvalue weighted by Crippen LogP contribution is 2.30. The van der Waals surface area contributed by atoms with Gasteiger partial charge < -0.3 is 10.5 Å². The third-order valence-corrected chi connectivity index (χ3v) is 5.11. The fourth-order valence-electron chi connectivity index (χ4n) is 2.85. The normalized spacial score (nSPS) is 13.2. The van der Waals surface area contributed by atoms with Gasteiger partial charge in [0.1, 0.15) is 5.75 Å². The summed E-state index contributed by atoms with van der Waals surface area (Å²) in [6, 6.07) is 13.2. The first-order valence-electron chi connectivity index (χ1n) is 7.40. The maximum absolute atomic E-state index is 5.71. The molecule has 21 heavy (non-hydrogen) atoms. The molecule has 0 heterocycles. The van der Waals surface area contributed by atoms with Crippen molar-refractivity contribution in [3.8, 4) is 5.75 Å². The lowest BCUT2D eigenvalue weighted by molar-refractivity contribution is 0.409. The molecule has 110 valence electrons. The molecule has 2 N–H and O–H groups in total. The topological polar surface area (TPSA) is 35.2 Å². The van der Waals surface area contributed by atoms with Crippen molar-refractivity contribution in [2.24, 2.45) is 5.73 Å². The van der Waals surface area contributed by atoms with Crippen LogP contribution in [0.1, 0.15) is 28.7 Å². The summed E-state index contributed by atoms with van der Waals surface area (Å²) in [7, 11) is 1.70. The minimum Gasteiger partial charge on any atom is -0.496 e. The Morgan fingerprint density at radius 3 is 2.76 bits per heavy atom. The molecule has 0 unspecified atom stereocenters. The summed E-state index contributed by atoms with van der Waals surface area (Å²) in [5.74, 6) is 1.85. The van der Waals surface area contributed by atoms with Crippen molar-refractivity contribution in [2.45, 2.75) is 36.5 Å². The van der Waals surface area contributed by atoms with Gasteiger partial charge in [0.25, 0.3) is 0 Å². The summed E-state index contributed by atoms with van der Waals surface area (Å²) >= 11 is 1.89. The van der Waals surface area contributed by atoms with Crippen LogP contribution in [0.5, 0.6) is 5.75 Å². The average molecular weight is 299 g/mol. The third kappa shape index (κ3) is 3.25. The van der Waals surface area contributed by atoms with Crippen LogP contribution >= 0.6 is 11.8 Å². The van der Waals surface area contributed by atoms with E-state index in [1.807, 2.05) is 11.8 Å². The van der Waals surface area contributed by atoms with Crippen LogP contribution in [0, 0.1) is 0 Å². The lowest BCUT2D eigenvalue weighted by atomic mass is 10.1. The Labute approximate surface area is 130 Å². The zero-order valence-electron chi connectivity index (χ0n) is 12.4. The molecule has 3 heteroatoms. The van der Waals surface area contributed by atoms with Crippen molar-refractivity contribution < 1.29 is 4.74 Å². The number of methoxy groups -OCH3 is 1. The minimum atomic E-state index is 0.515. The number of rotatable bonds is 5. The second kappa shape index (κ2) is 6.54. The smallest absolute Gasteiger partial charge is 0.123 e. The van der Waals surface area contributed by atoms with E-state index >= 15 is 0 Å². The number of nitrogens with two attached hydrogens (primary N) is 1. The summed E-state index contributed by atoms with van der Waals surface area (Å²) in [6.07, 6.45) is 3.79. The first-order valence-corrected chi connectivity index (χ1v) is 8.39. The molecule has 3 rings (SSSR count). The van der Waals surface area contributed by atoms with Crippen molar-refractivity contribution in [1.82, 2.24) is 0 Å². The van der Waals surface area contributed by atoms with Crippen LogP contribution in [0.3, 0.4) is 0 Å². The van der Waals surface area contributed by atoms with Crippen LogP contribution in [-0.2, 0) is 25.1 Å². The summed E-state index contributed by atoms with van der Waals surface area (Å²) in [5, 5.41) is 0. The third-order valence-electron chi connectivity index (χ3n) is 4.05. The van der Waals surface area contributed by atoms with Gasteiger partial charge in [-0.25, -0.2) is 0 Å². The first kappa shape index (κ1) is 14.5. The summed E-state index contributed by atoms with van der Waals surface area (Å²) in [4.78, 5) is 1.36. The molecule has 2 aromatic rings. The van der Waals surface area contributed by atoms with Gasteiger partial charge in [-0.3, -0.25) is 0 Å². The Bertz CT molecular complexity index is 639. The number of thioether (sulfide) groups is 1. The van der Waals surface area contributed by atoms with E-state index < -0.39 is 0 Å². The highest BCUT2D eigenvalue weighted by Gasteiger charge is 2.11. The van der Waals surface area contributed by atoms with E-state index in [2.05, 4.69) is 36.4 Å². The molecule has 0 aromatic heterocycles.